The Morgan fingerprint density at radius 2 is 1.75 bits per heavy atom. The van der Waals surface area contributed by atoms with Crippen molar-refractivity contribution in [3.05, 3.63) is 69.6 Å². The molecular weight excluding hydrogens is 348 g/mol. The van der Waals surface area contributed by atoms with Crippen LogP contribution < -0.4 is 5.63 Å². The van der Waals surface area contributed by atoms with Gasteiger partial charge in [-0.15, -0.1) is 0 Å². The second kappa shape index (κ2) is 8.00. The van der Waals surface area contributed by atoms with Crippen LogP contribution in [0.2, 0.25) is 0 Å². The van der Waals surface area contributed by atoms with E-state index in [1.807, 2.05) is 43.3 Å². The van der Waals surface area contributed by atoms with Crippen LogP contribution >= 0.6 is 0 Å². The maximum Gasteiger partial charge on any atom is 0.339 e. The van der Waals surface area contributed by atoms with Crippen molar-refractivity contribution in [3.8, 4) is 17.2 Å². The lowest BCUT2D eigenvalue weighted by Crippen LogP contribution is -2.32. The van der Waals surface area contributed by atoms with Crippen molar-refractivity contribution in [2.75, 3.05) is 19.6 Å². The summed E-state index contributed by atoms with van der Waals surface area (Å²) in [4.78, 5) is 15.0. The van der Waals surface area contributed by atoms with Gasteiger partial charge in [-0.05, 0) is 80.2 Å². The van der Waals surface area contributed by atoms with Crippen molar-refractivity contribution >= 4 is 11.0 Å². The van der Waals surface area contributed by atoms with Gasteiger partial charge in [0, 0.05) is 17.5 Å². The Hall–Kier alpha value is -2.90. The minimum absolute atomic E-state index is 0.215. The number of aryl methyl sites for hydroxylation is 1. The molecule has 1 fully saturated rings. The number of fused-ring (bicyclic) bond motifs is 1. The van der Waals surface area contributed by atoms with Crippen LogP contribution in [0.15, 0.2) is 51.7 Å². The average Bonchev–Trinajstić information content (AvgIpc) is 2.74. The summed E-state index contributed by atoms with van der Waals surface area (Å²) < 4.78 is 5.62. The van der Waals surface area contributed by atoms with E-state index < -0.39 is 0 Å². The molecular formula is C24H24N2O2. The summed E-state index contributed by atoms with van der Waals surface area (Å²) in [5, 5.41) is 9.96. The Bertz CT molecular complexity index is 1080. The van der Waals surface area contributed by atoms with Crippen LogP contribution in [0.1, 0.15) is 36.0 Å². The summed E-state index contributed by atoms with van der Waals surface area (Å²) in [6, 6.07) is 15.6. The van der Waals surface area contributed by atoms with E-state index in [0.717, 1.165) is 53.7 Å². The van der Waals surface area contributed by atoms with Gasteiger partial charge in [-0.3, -0.25) is 0 Å². The largest absolute Gasteiger partial charge is 0.423 e. The Morgan fingerprint density at radius 3 is 2.46 bits per heavy atom. The topological polar surface area (TPSA) is 57.2 Å². The van der Waals surface area contributed by atoms with Gasteiger partial charge in [0.05, 0.1) is 11.6 Å². The Morgan fingerprint density at radius 1 is 1.04 bits per heavy atom. The molecule has 2 aromatic carbocycles. The van der Waals surface area contributed by atoms with E-state index >= 15 is 0 Å². The highest BCUT2D eigenvalue weighted by atomic mass is 16.4. The maximum absolute atomic E-state index is 12.5. The molecule has 0 bridgehead atoms. The van der Waals surface area contributed by atoms with E-state index in [-0.39, 0.29) is 5.63 Å². The average molecular weight is 372 g/mol. The first-order chi connectivity index (χ1) is 13.7. The first-order valence-electron chi connectivity index (χ1n) is 9.95. The van der Waals surface area contributed by atoms with Crippen molar-refractivity contribution in [2.45, 2.75) is 32.6 Å². The van der Waals surface area contributed by atoms with E-state index in [2.05, 4.69) is 17.0 Å². The van der Waals surface area contributed by atoms with Crippen molar-refractivity contribution in [1.29, 1.82) is 5.26 Å². The van der Waals surface area contributed by atoms with E-state index in [4.69, 9.17) is 9.68 Å². The minimum atomic E-state index is -0.215. The third-order valence-electron chi connectivity index (χ3n) is 5.76. The van der Waals surface area contributed by atoms with Gasteiger partial charge in [0.1, 0.15) is 5.58 Å². The van der Waals surface area contributed by atoms with Crippen LogP contribution in [-0.4, -0.2) is 24.5 Å². The summed E-state index contributed by atoms with van der Waals surface area (Å²) in [6.07, 6.45) is 4.54. The van der Waals surface area contributed by atoms with Crippen molar-refractivity contribution in [1.82, 2.24) is 4.90 Å². The van der Waals surface area contributed by atoms with Crippen LogP contribution in [0.3, 0.4) is 0 Å². The van der Waals surface area contributed by atoms with E-state index in [0.29, 0.717) is 11.1 Å². The molecule has 0 unspecified atom stereocenters. The molecule has 0 spiro atoms. The fraction of sp³-hybridized carbons (Fsp3) is 0.333. The summed E-state index contributed by atoms with van der Waals surface area (Å²) in [5.74, 6) is 0. The number of benzene rings is 2. The fourth-order valence-electron chi connectivity index (χ4n) is 4.05. The van der Waals surface area contributed by atoms with Gasteiger partial charge in [-0.25, -0.2) is 4.79 Å². The van der Waals surface area contributed by atoms with Crippen LogP contribution in [0.25, 0.3) is 22.1 Å². The standard InChI is InChI=1S/C24H24N2O2/c1-17-21(11-14-26-12-3-2-4-13-26)24(27)28-23-10-9-20(15-22(17)23)19-7-5-18(16-25)6-8-19/h5-10,15H,2-4,11-14H2,1H3. The molecule has 1 aromatic heterocycles. The normalized spacial score (nSPS) is 14.9. The number of hydrogen-bond donors (Lipinski definition) is 0. The highest BCUT2D eigenvalue weighted by Gasteiger charge is 2.15. The van der Waals surface area contributed by atoms with Gasteiger partial charge >= 0.3 is 5.63 Å². The molecule has 0 aliphatic carbocycles. The summed E-state index contributed by atoms with van der Waals surface area (Å²) in [7, 11) is 0. The third-order valence-corrected chi connectivity index (χ3v) is 5.76. The molecule has 1 saturated heterocycles. The second-order valence-corrected chi connectivity index (χ2v) is 7.55. The van der Waals surface area contributed by atoms with Gasteiger partial charge < -0.3 is 9.32 Å². The summed E-state index contributed by atoms with van der Waals surface area (Å²) in [6.45, 7) is 5.18. The van der Waals surface area contributed by atoms with Gasteiger partial charge in [0.2, 0.25) is 0 Å². The van der Waals surface area contributed by atoms with Gasteiger partial charge in [-0.1, -0.05) is 24.6 Å². The van der Waals surface area contributed by atoms with Crippen LogP contribution in [0, 0.1) is 18.3 Å². The number of piperidine rings is 1. The van der Waals surface area contributed by atoms with E-state index in [9.17, 15) is 4.79 Å². The summed E-state index contributed by atoms with van der Waals surface area (Å²) >= 11 is 0. The van der Waals surface area contributed by atoms with Gasteiger partial charge in [0.15, 0.2) is 0 Å². The smallest absolute Gasteiger partial charge is 0.339 e. The van der Waals surface area contributed by atoms with E-state index in [1.165, 1.54) is 19.3 Å². The minimum Gasteiger partial charge on any atom is -0.423 e. The molecule has 0 N–H and O–H groups in total. The SMILES string of the molecule is Cc1c(CCN2CCCCC2)c(=O)oc2ccc(-c3ccc(C#N)cc3)cc12. The molecule has 1 aliphatic heterocycles. The Kier molecular flexibility index (Phi) is 5.27. The molecule has 3 aromatic rings. The number of nitriles is 1. The molecule has 4 nitrogen and oxygen atoms in total. The highest BCUT2D eigenvalue weighted by Crippen LogP contribution is 2.27. The zero-order chi connectivity index (χ0) is 19.5. The molecule has 0 atom stereocenters. The number of rotatable bonds is 4. The Labute approximate surface area is 165 Å². The summed E-state index contributed by atoms with van der Waals surface area (Å²) in [5.41, 5.74) is 4.95. The lowest BCUT2D eigenvalue weighted by molar-refractivity contribution is 0.231. The van der Waals surface area contributed by atoms with E-state index in [1.54, 1.807) is 0 Å². The maximum atomic E-state index is 12.5. The second-order valence-electron chi connectivity index (χ2n) is 7.55. The molecule has 0 saturated carbocycles. The fourth-order valence-corrected chi connectivity index (χ4v) is 4.05. The number of likely N-dealkylation sites (tertiary alicyclic amines) is 1. The number of hydrogen-bond acceptors (Lipinski definition) is 4. The zero-order valence-electron chi connectivity index (χ0n) is 16.2. The van der Waals surface area contributed by atoms with Crippen molar-refractivity contribution in [2.24, 2.45) is 0 Å². The quantitative estimate of drug-likeness (QED) is 0.625. The first-order valence-corrected chi connectivity index (χ1v) is 9.95. The van der Waals surface area contributed by atoms with Crippen LogP contribution in [0.5, 0.6) is 0 Å². The molecule has 1 aliphatic rings. The lowest BCUT2D eigenvalue weighted by Gasteiger charge is -2.26. The predicted molar refractivity (Wildman–Crippen MR) is 111 cm³/mol. The van der Waals surface area contributed by atoms with Crippen molar-refractivity contribution < 1.29 is 4.42 Å². The first kappa shape index (κ1) is 18.5. The third kappa shape index (κ3) is 3.72. The highest BCUT2D eigenvalue weighted by molar-refractivity contribution is 5.86. The Balaban J connectivity index is 1.67. The molecule has 2 heterocycles. The molecule has 28 heavy (non-hydrogen) atoms. The molecule has 0 radical (unpaired) electrons. The predicted octanol–water partition coefficient (Wildman–Crippen LogP) is 4.67. The molecule has 4 heteroatoms. The monoisotopic (exact) mass is 372 g/mol. The zero-order valence-corrected chi connectivity index (χ0v) is 16.2. The lowest BCUT2D eigenvalue weighted by atomic mass is 9.98. The molecule has 142 valence electrons. The van der Waals surface area contributed by atoms with Crippen LogP contribution in [-0.2, 0) is 6.42 Å². The molecule has 0 amide bonds. The van der Waals surface area contributed by atoms with Gasteiger partial charge in [-0.2, -0.15) is 5.26 Å². The van der Waals surface area contributed by atoms with Crippen molar-refractivity contribution in [3.63, 3.8) is 0 Å². The number of nitrogens with zero attached hydrogens (tertiary/aromatic N) is 2. The molecule has 4 rings (SSSR count). The van der Waals surface area contributed by atoms with Gasteiger partial charge in [0.25, 0.3) is 0 Å². The van der Waals surface area contributed by atoms with Crippen LogP contribution in [0.4, 0.5) is 0 Å².